The average molecular weight is 266 g/mol. The topological polar surface area (TPSA) is 77.4 Å². The summed E-state index contributed by atoms with van der Waals surface area (Å²) in [7, 11) is 0. The maximum absolute atomic E-state index is 6.24. The van der Waals surface area contributed by atoms with Crippen LogP contribution in [0.3, 0.4) is 0 Å². The smallest absolute Gasteiger partial charge is 0.266 e. The Morgan fingerprint density at radius 2 is 2.00 bits per heavy atom. The van der Waals surface area contributed by atoms with Gasteiger partial charge in [0.05, 0.1) is 13.2 Å². The molecular formula is C13H22N4O2. The fourth-order valence-electron chi connectivity index (χ4n) is 2.97. The van der Waals surface area contributed by atoms with Crippen molar-refractivity contribution < 1.29 is 9.26 Å². The predicted molar refractivity (Wildman–Crippen MR) is 71.0 cm³/mol. The van der Waals surface area contributed by atoms with Crippen molar-refractivity contribution in [2.24, 2.45) is 11.7 Å². The number of morpholine rings is 1. The Labute approximate surface area is 113 Å². The molecule has 2 aliphatic rings. The van der Waals surface area contributed by atoms with Crippen LogP contribution in [0.2, 0.25) is 0 Å². The van der Waals surface area contributed by atoms with Gasteiger partial charge in [-0.15, -0.1) is 0 Å². The van der Waals surface area contributed by atoms with E-state index >= 15 is 0 Å². The summed E-state index contributed by atoms with van der Waals surface area (Å²) in [5, 5.41) is 4.05. The molecule has 2 heterocycles. The highest BCUT2D eigenvalue weighted by Crippen LogP contribution is 2.28. The lowest BCUT2D eigenvalue weighted by Crippen LogP contribution is -2.37. The molecule has 3 rings (SSSR count). The van der Waals surface area contributed by atoms with Gasteiger partial charge in [0.25, 0.3) is 5.95 Å². The Hall–Kier alpha value is -1.14. The second kappa shape index (κ2) is 5.88. The van der Waals surface area contributed by atoms with E-state index in [9.17, 15) is 0 Å². The van der Waals surface area contributed by atoms with Crippen molar-refractivity contribution in [3.63, 3.8) is 0 Å². The fraction of sp³-hybridized carbons (Fsp3) is 0.846. The van der Waals surface area contributed by atoms with Gasteiger partial charge >= 0.3 is 0 Å². The van der Waals surface area contributed by atoms with Gasteiger partial charge in [0, 0.05) is 25.6 Å². The molecule has 1 atom stereocenters. The number of nitrogens with zero attached hydrogens (tertiary/aromatic N) is 3. The number of aromatic nitrogens is 2. The third-order valence-electron chi connectivity index (χ3n) is 4.17. The summed E-state index contributed by atoms with van der Waals surface area (Å²) in [6.07, 6.45) is 5.79. The summed E-state index contributed by atoms with van der Waals surface area (Å²) in [5.74, 6) is 1.97. The second-order valence-electron chi connectivity index (χ2n) is 5.50. The summed E-state index contributed by atoms with van der Waals surface area (Å²) in [6.45, 7) is 3.11. The van der Waals surface area contributed by atoms with Gasteiger partial charge in [0.2, 0.25) is 5.89 Å². The first-order valence-corrected chi connectivity index (χ1v) is 7.24. The van der Waals surface area contributed by atoms with E-state index in [1.54, 1.807) is 0 Å². The van der Waals surface area contributed by atoms with Gasteiger partial charge in [0.1, 0.15) is 0 Å². The minimum atomic E-state index is 0.153. The van der Waals surface area contributed by atoms with Gasteiger partial charge in [-0.3, -0.25) is 0 Å². The van der Waals surface area contributed by atoms with Gasteiger partial charge in [-0.1, -0.05) is 12.8 Å². The molecule has 1 aromatic heterocycles. The van der Waals surface area contributed by atoms with Crippen molar-refractivity contribution in [3.05, 3.63) is 5.89 Å². The third-order valence-corrected chi connectivity index (χ3v) is 4.17. The van der Waals surface area contributed by atoms with E-state index in [-0.39, 0.29) is 6.04 Å². The van der Waals surface area contributed by atoms with Gasteiger partial charge in [-0.25, -0.2) is 0 Å². The van der Waals surface area contributed by atoms with Crippen molar-refractivity contribution >= 4 is 5.95 Å². The van der Waals surface area contributed by atoms with Crippen LogP contribution >= 0.6 is 0 Å². The number of anilines is 1. The highest BCUT2D eigenvalue weighted by Gasteiger charge is 2.24. The number of hydrogen-bond donors (Lipinski definition) is 1. The quantitative estimate of drug-likeness (QED) is 0.875. The highest BCUT2D eigenvalue weighted by atomic mass is 16.5. The van der Waals surface area contributed by atoms with E-state index in [4.69, 9.17) is 15.0 Å². The van der Waals surface area contributed by atoms with Crippen molar-refractivity contribution in [2.75, 3.05) is 31.2 Å². The summed E-state index contributed by atoms with van der Waals surface area (Å²) < 4.78 is 10.6. The van der Waals surface area contributed by atoms with E-state index in [0.717, 1.165) is 26.3 Å². The molecule has 1 aromatic rings. The lowest BCUT2D eigenvalue weighted by molar-refractivity contribution is 0.121. The van der Waals surface area contributed by atoms with Crippen molar-refractivity contribution in [2.45, 2.75) is 38.1 Å². The van der Waals surface area contributed by atoms with Crippen molar-refractivity contribution in [1.29, 1.82) is 0 Å². The van der Waals surface area contributed by atoms with Crippen LogP contribution in [-0.2, 0) is 11.2 Å². The zero-order chi connectivity index (χ0) is 13.1. The van der Waals surface area contributed by atoms with Crippen LogP contribution < -0.4 is 10.6 Å². The monoisotopic (exact) mass is 266 g/mol. The molecule has 1 unspecified atom stereocenters. The highest BCUT2D eigenvalue weighted by molar-refractivity contribution is 5.28. The molecule has 0 radical (unpaired) electrons. The minimum absolute atomic E-state index is 0.153. The van der Waals surface area contributed by atoms with Crippen molar-refractivity contribution in [1.82, 2.24) is 10.1 Å². The van der Waals surface area contributed by atoms with E-state index in [1.807, 2.05) is 0 Å². The Morgan fingerprint density at radius 1 is 1.26 bits per heavy atom. The molecule has 106 valence electrons. The van der Waals surface area contributed by atoms with Crippen LogP contribution in [0.15, 0.2) is 4.52 Å². The Bertz CT molecular complexity index is 397. The first-order valence-electron chi connectivity index (χ1n) is 7.24. The molecule has 2 fully saturated rings. The van der Waals surface area contributed by atoms with Crippen LogP contribution in [0, 0.1) is 5.92 Å². The van der Waals surface area contributed by atoms with Crippen LogP contribution in [0.5, 0.6) is 0 Å². The maximum Gasteiger partial charge on any atom is 0.266 e. The second-order valence-corrected chi connectivity index (χ2v) is 5.50. The molecule has 1 saturated carbocycles. The standard InChI is InChI=1S/C13H22N4O2/c14-11(10-3-1-2-4-10)9-12-15-13(16-19-12)17-5-7-18-8-6-17/h10-11H,1-9,14H2. The molecule has 0 aromatic carbocycles. The average Bonchev–Trinajstić information content (AvgIpc) is 3.11. The molecule has 1 aliphatic carbocycles. The number of nitrogens with two attached hydrogens (primary N) is 1. The lowest BCUT2D eigenvalue weighted by Gasteiger charge is -2.24. The van der Waals surface area contributed by atoms with E-state index in [0.29, 0.717) is 24.2 Å². The van der Waals surface area contributed by atoms with E-state index in [1.165, 1.54) is 25.7 Å². The first-order chi connectivity index (χ1) is 9.33. The molecule has 0 bridgehead atoms. The van der Waals surface area contributed by atoms with E-state index in [2.05, 4.69) is 15.0 Å². The van der Waals surface area contributed by atoms with Crippen LogP contribution in [0.1, 0.15) is 31.6 Å². The SMILES string of the molecule is NC(Cc1nc(N2CCOCC2)no1)C1CCCC1. The van der Waals surface area contributed by atoms with Gasteiger partial charge in [-0.05, 0) is 23.9 Å². The summed E-state index contributed by atoms with van der Waals surface area (Å²) in [4.78, 5) is 6.55. The summed E-state index contributed by atoms with van der Waals surface area (Å²) >= 11 is 0. The largest absolute Gasteiger partial charge is 0.378 e. The van der Waals surface area contributed by atoms with Gasteiger partial charge < -0.3 is 19.9 Å². The van der Waals surface area contributed by atoms with E-state index < -0.39 is 0 Å². The summed E-state index contributed by atoms with van der Waals surface area (Å²) in [6, 6.07) is 0.153. The van der Waals surface area contributed by atoms with Crippen LogP contribution in [0.25, 0.3) is 0 Å². The first kappa shape index (κ1) is 12.9. The zero-order valence-corrected chi connectivity index (χ0v) is 11.3. The maximum atomic E-state index is 6.24. The van der Waals surface area contributed by atoms with Crippen LogP contribution in [0.4, 0.5) is 5.95 Å². The fourth-order valence-corrected chi connectivity index (χ4v) is 2.97. The lowest BCUT2D eigenvalue weighted by atomic mass is 9.96. The minimum Gasteiger partial charge on any atom is -0.378 e. The number of ether oxygens (including phenoxy) is 1. The Morgan fingerprint density at radius 3 is 2.74 bits per heavy atom. The third kappa shape index (κ3) is 3.06. The molecule has 6 heteroatoms. The molecule has 19 heavy (non-hydrogen) atoms. The summed E-state index contributed by atoms with van der Waals surface area (Å²) in [5.41, 5.74) is 6.24. The number of hydrogen-bond acceptors (Lipinski definition) is 6. The van der Waals surface area contributed by atoms with Crippen LogP contribution in [-0.4, -0.2) is 42.5 Å². The molecule has 6 nitrogen and oxygen atoms in total. The molecule has 0 spiro atoms. The zero-order valence-electron chi connectivity index (χ0n) is 11.3. The molecular weight excluding hydrogens is 244 g/mol. The van der Waals surface area contributed by atoms with Gasteiger partial charge in [-0.2, -0.15) is 4.98 Å². The number of rotatable bonds is 4. The van der Waals surface area contributed by atoms with Gasteiger partial charge in [0.15, 0.2) is 0 Å². The van der Waals surface area contributed by atoms with Crippen molar-refractivity contribution in [3.8, 4) is 0 Å². The molecule has 1 aliphatic heterocycles. The molecule has 1 saturated heterocycles. The Kier molecular flexibility index (Phi) is 3.98. The predicted octanol–water partition coefficient (Wildman–Crippen LogP) is 0.966. The normalized spacial score (nSPS) is 22.9. The molecule has 0 amide bonds. The Balaban J connectivity index is 1.57. The molecule has 2 N–H and O–H groups in total.